The third kappa shape index (κ3) is 7.73. The summed E-state index contributed by atoms with van der Waals surface area (Å²) in [6.07, 6.45) is 0. The highest BCUT2D eigenvalue weighted by atomic mass is 16.5. The smallest absolute Gasteiger partial charge is 0.250 e. The average Bonchev–Trinajstić information content (AvgIpc) is 2.88. The molecule has 0 radical (unpaired) electrons. The highest BCUT2D eigenvalue weighted by Gasteiger charge is 2.07. The fourth-order valence-corrected chi connectivity index (χ4v) is 3.09. The minimum absolute atomic E-state index is 0.250. The molecule has 7 heteroatoms. The first kappa shape index (κ1) is 23.5. The molecule has 0 saturated heterocycles. The van der Waals surface area contributed by atoms with Gasteiger partial charge in [-0.3, -0.25) is 9.59 Å². The van der Waals surface area contributed by atoms with Gasteiger partial charge in [0.15, 0.2) is 0 Å². The van der Waals surface area contributed by atoms with Crippen LogP contribution in [0.15, 0.2) is 109 Å². The predicted molar refractivity (Wildman–Crippen MR) is 134 cm³/mol. The molecule has 176 valence electrons. The SMILES string of the molecule is O=C(COCC(=O)Nc1ccc(Oc2ccccc2)cc1)Nc1ccc(Oc2ccccc2)cc1. The summed E-state index contributed by atoms with van der Waals surface area (Å²) in [5.74, 6) is 2.04. The van der Waals surface area contributed by atoms with Crippen LogP contribution >= 0.6 is 0 Å². The van der Waals surface area contributed by atoms with Gasteiger partial charge in [-0.25, -0.2) is 0 Å². The van der Waals surface area contributed by atoms with Crippen LogP contribution in [0.3, 0.4) is 0 Å². The van der Waals surface area contributed by atoms with Crippen molar-refractivity contribution in [2.45, 2.75) is 0 Å². The van der Waals surface area contributed by atoms with Crippen molar-refractivity contribution in [1.29, 1.82) is 0 Å². The van der Waals surface area contributed by atoms with Gasteiger partial charge in [-0.1, -0.05) is 36.4 Å². The van der Waals surface area contributed by atoms with E-state index in [2.05, 4.69) is 10.6 Å². The minimum Gasteiger partial charge on any atom is -0.457 e. The maximum atomic E-state index is 12.1. The molecule has 7 nitrogen and oxygen atoms in total. The van der Waals surface area contributed by atoms with E-state index in [1.54, 1.807) is 48.5 Å². The van der Waals surface area contributed by atoms with Gasteiger partial charge in [0.25, 0.3) is 0 Å². The summed E-state index contributed by atoms with van der Waals surface area (Å²) in [5.41, 5.74) is 1.20. The summed E-state index contributed by atoms with van der Waals surface area (Å²) in [5, 5.41) is 5.43. The molecule has 2 N–H and O–H groups in total. The van der Waals surface area contributed by atoms with E-state index in [0.29, 0.717) is 22.9 Å². The lowest BCUT2D eigenvalue weighted by atomic mass is 10.3. The molecule has 0 unspecified atom stereocenters. The molecule has 2 amide bonds. The zero-order valence-electron chi connectivity index (χ0n) is 18.8. The molecule has 35 heavy (non-hydrogen) atoms. The lowest BCUT2D eigenvalue weighted by Gasteiger charge is -2.09. The van der Waals surface area contributed by atoms with Crippen molar-refractivity contribution in [3.05, 3.63) is 109 Å². The Morgan fingerprint density at radius 1 is 0.486 bits per heavy atom. The van der Waals surface area contributed by atoms with Crippen LogP contribution < -0.4 is 20.1 Å². The van der Waals surface area contributed by atoms with Crippen LogP contribution in [0.4, 0.5) is 11.4 Å². The maximum Gasteiger partial charge on any atom is 0.250 e. The standard InChI is InChI=1S/C28H24N2O5/c31-27(29-21-11-15-25(16-12-21)34-23-7-3-1-4-8-23)19-33-20-28(32)30-22-13-17-26(18-14-22)35-24-9-5-2-6-10-24/h1-18H,19-20H2,(H,29,31)(H,30,32). The largest absolute Gasteiger partial charge is 0.457 e. The number of hydrogen-bond donors (Lipinski definition) is 2. The van der Waals surface area contributed by atoms with Gasteiger partial charge in [-0.05, 0) is 72.8 Å². The highest BCUT2D eigenvalue weighted by molar-refractivity contribution is 5.93. The second-order valence-corrected chi connectivity index (χ2v) is 7.47. The molecular formula is C28H24N2O5. The second kappa shape index (κ2) is 12.0. The van der Waals surface area contributed by atoms with Crippen LogP contribution in [-0.4, -0.2) is 25.0 Å². The first-order valence-electron chi connectivity index (χ1n) is 11.0. The minimum atomic E-state index is -0.364. The highest BCUT2D eigenvalue weighted by Crippen LogP contribution is 2.23. The number of nitrogens with one attached hydrogen (secondary N) is 2. The van der Waals surface area contributed by atoms with Crippen molar-refractivity contribution in [3.8, 4) is 23.0 Å². The zero-order chi connectivity index (χ0) is 24.3. The molecule has 4 rings (SSSR count). The number of ether oxygens (including phenoxy) is 3. The summed E-state index contributed by atoms with van der Waals surface area (Å²) in [6, 6.07) is 32.8. The fourth-order valence-electron chi connectivity index (χ4n) is 3.09. The lowest BCUT2D eigenvalue weighted by molar-refractivity contribution is -0.125. The molecule has 0 spiro atoms. The van der Waals surface area contributed by atoms with Crippen LogP contribution in [0.25, 0.3) is 0 Å². The fraction of sp³-hybridized carbons (Fsp3) is 0.0714. The summed E-state index contributed by atoms with van der Waals surface area (Å²) in [4.78, 5) is 24.2. The Labute approximate surface area is 203 Å². The van der Waals surface area contributed by atoms with Crippen LogP contribution in [0.1, 0.15) is 0 Å². The third-order valence-corrected chi connectivity index (χ3v) is 4.70. The normalized spacial score (nSPS) is 10.3. The molecule has 0 fully saturated rings. The maximum absolute atomic E-state index is 12.1. The van der Waals surface area contributed by atoms with E-state index in [1.165, 1.54) is 0 Å². The van der Waals surface area contributed by atoms with Crippen molar-refractivity contribution < 1.29 is 23.8 Å². The van der Waals surface area contributed by atoms with Crippen LogP contribution in [0, 0.1) is 0 Å². The number of carbonyl (C=O) groups excluding carboxylic acids is 2. The van der Waals surface area contributed by atoms with Gasteiger partial charge in [0, 0.05) is 11.4 Å². The van der Waals surface area contributed by atoms with Gasteiger partial charge in [-0.15, -0.1) is 0 Å². The summed E-state index contributed by atoms with van der Waals surface area (Å²) in [6.45, 7) is -0.501. The summed E-state index contributed by atoms with van der Waals surface area (Å²) in [7, 11) is 0. The van der Waals surface area contributed by atoms with E-state index < -0.39 is 0 Å². The zero-order valence-corrected chi connectivity index (χ0v) is 18.8. The van der Waals surface area contributed by atoms with Gasteiger partial charge in [0.1, 0.15) is 36.2 Å². The monoisotopic (exact) mass is 468 g/mol. The topological polar surface area (TPSA) is 85.9 Å². The summed E-state index contributed by atoms with van der Waals surface area (Å²) >= 11 is 0. The van der Waals surface area contributed by atoms with Gasteiger partial charge in [0.2, 0.25) is 11.8 Å². The molecule has 0 aromatic heterocycles. The first-order valence-corrected chi connectivity index (χ1v) is 11.0. The molecule has 0 atom stereocenters. The van der Waals surface area contributed by atoms with Crippen molar-refractivity contribution in [1.82, 2.24) is 0 Å². The van der Waals surface area contributed by atoms with Crippen molar-refractivity contribution in [3.63, 3.8) is 0 Å². The molecule has 0 heterocycles. The van der Waals surface area contributed by atoms with Gasteiger partial charge in [-0.2, -0.15) is 0 Å². The van der Waals surface area contributed by atoms with Crippen LogP contribution in [-0.2, 0) is 14.3 Å². The average molecular weight is 469 g/mol. The summed E-state index contributed by atoms with van der Waals surface area (Å²) < 4.78 is 16.7. The van der Waals surface area contributed by atoms with Crippen molar-refractivity contribution in [2.75, 3.05) is 23.8 Å². The Balaban J connectivity index is 1.16. The Hall–Kier alpha value is -4.62. The van der Waals surface area contributed by atoms with E-state index in [1.807, 2.05) is 60.7 Å². The number of carbonyl (C=O) groups is 2. The van der Waals surface area contributed by atoms with Crippen LogP contribution in [0.5, 0.6) is 23.0 Å². The quantitative estimate of drug-likeness (QED) is 0.304. The van der Waals surface area contributed by atoms with E-state index >= 15 is 0 Å². The lowest BCUT2D eigenvalue weighted by Crippen LogP contribution is -2.23. The molecule has 4 aromatic carbocycles. The molecule has 0 aliphatic rings. The van der Waals surface area contributed by atoms with Gasteiger partial charge >= 0.3 is 0 Å². The van der Waals surface area contributed by atoms with E-state index in [9.17, 15) is 9.59 Å². The van der Waals surface area contributed by atoms with Crippen molar-refractivity contribution >= 4 is 23.2 Å². The number of rotatable bonds is 10. The van der Waals surface area contributed by atoms with Gasteiger partial charge < -0.3 is 24.8 Å². The first-order chi connectivity index (χ1) is 17.1. The number of anilines is 2. The Morgan fingerprint density at radius 2 is 0.829 bits per heavy atom. The molecular weight excluding hydrogens is 444 g/mol. The second-order valence-electron chi connectivity index (χ2n) is 7.47. The molecule has 4 aromatic rings. The Bertz CT molecular complexity index is 1130. The molecule has 0 bridgehead atoms. The number of benzene rings is 4. The van der Waals surface area contributed by atoms with E-state index in [4.69, 9.17) is 14.2 Å². The number of hydrogen-bond acceptors (Lipinski definition) is 5. The Kier molecular flexibility index (Phi) is 8.08. The number of para-hydroxylation sites is 2. The third-order valence-electron chi connectivity index (χ3n) is 4.70. The van der Waals surface area contributed by atoms with Gasteiger partial charge in [0.05, 0.1) is 0 Å². The van der Waals surface area contributed by atoms with Crippen molar-refractivity contribution in [2.24, 2.45) is 0 Å². The molecule has 0 saturated carbocycles. The molecule has 0 aliphatic heterocycles. The van der Waals surface area contributed by atoms with Crippen LogP contribution in [0.2, 0.25) is 0 Å². The predicted octanol–water partition coefficient (Wildman–Crippen LogP) is 5.87. The Morgan fingerprint density at radius 3 is 1.20 bits per heavy atom. The molecule has 0 aliphatic carbocycles. The number of amides is 2. The van der Waals surface area contributed by atoms with E-state index in [-0.39, 0.29) is 25.0 Å². The van der Waals surface area contributed by atoms with E-state index in [0.717, 1.165) is 11.5 Å².